The smallest absolute Gasteiger partial charge is 0.225 e. The normalized spacial score (nSPS) is 25.4. The molecule has 5 heteroatoms. The molecule has 15 heavy (non-hydrogen) atoms. The van der Waals surface area contributed by atoms with E-state index in [1.807, 2.05) is 6.92 Å². The molecule has 2 heterocycles. The Morgan fingerprint density at radius 1 is 1.80 bits per heavy atom. The molecule has 1 saturated heterocycles. The lowest BCUT2D eigenvalue weighted by atomic mass is 10.1. The van der Waals surface area contributed by atoms with Gasteiger partial charge in [-0.3, -0.25) is 4.79 Å². The van der Waals surface area contributed by atoms with Gasteiger partial charge in [-0.1, -0.05) is 0 Å². The van der Waals surface area contributed by atoms with Crippen LogP contribution in [0.15, 0.2) is 12.4 Å². The number of aromatic nitrogens is 2. The number of nitrogens with one attached hydrogen (secondary N) is 2. The molecule has 0 spiro atoms. The van der Waals surface area contributed by atoms with Crippen LogP contribution in [-0.4, -0.2) is 28.6 Å². The van der Waals surface area contributed by atoms with Crippen LogP contribution in [-0.2, 0) is 16.1 Å². The second-order valence-corrected chi connectivity index (χ2v) is 3.83. The fraction of sp³-hybridized carbons (Fsp3) is 0.600. The first-order chi connectivity index (χ1) is 7.25. The van der Waals surface area contributed by atoms with Crippen molar-refractivity contribution in [3.8, 4) is 0 Å². The second kappa shape index (κ2) is 4.44. The summed E-state index contributed by atoms with van der Waals surface area (Å²) < 4.78 is 5.34. The van der Waals surface area contributed by atoms with Crippen LogP contribution in [0.4, 0.5) is 0 Å². The Morgan fingerprint density at radius 3 is 3.27 bits per heavy atom. The lowest BCUT2D eigenvalue weighted by molar-refractivity contribution is -0.125. The number of carbonyl (C=O) groups is 1. The van der Waals surface area contributed by atoms with Crippen molar-refractivity contribution in [3.63, 3.8) is 0 Å². The first-order valence-electron chi connectivity index (χ1n) is 5.13. The fourth-order valence-electron chi connectivity index (χ4n) is 1.71. The van der Waals surface area contributed by atoms with E-state index in [4.69, 9.17) is 4.74 Å². The summed E-state index contributed by atoms with van der Waals surface area (Å²) in [5.41, 5.74) is 0. The number of ether oxygens (including phenoxy) is 1. The monoisotopic (exact) mass is 209 g/mol. The zero-order valence-corrected chi connectivity index (χ0v) is 8.69. The molecule has 0 saturated carbocycles. The van der Waals surface area contributed by atoms with Gasteiger partial charge in [-0.2, -0.15) is 0 Å². The van der Waals surface area contributed by atoms with E-state index in [2.05, 4.69) is 15.3 Å². The molecule has 1 aromatic rings. The highest BCUT2D eigenvalue weighted by molar-refractivity contribution is 5.78. The third-order valence-electron chi connectivity index (χ3n) is 2.55. The van der Waals surface area contributed by atoms with Gasteiger partial charge in [0.25, 0.3) is 0 Å². The van der Waals surface area contributed by atoms with Crippen LogP contribution in [0.3, 0.4) is 0 Å². The van der Waals surface area contributed by atoms with E-state index in [-0.39, 0.29) is 17.9 Å². The van der Waals surface area contributed by atoms with Crippen molar-refractivity contribution in [1.29, 1.82) is 0 Å². The summed E-state index contributed by atoms with van der Waals surface area (Å²) in [7, 11) is 0. The number of H-pyrrole nitrogens is 1. The van der Waals surface area contributed by atoms with Crippen molar-refractivity contribution in [2.75, 3.05) is 6.61 Å². The Kier molecular flexibility index (Phi) is 3.01. The summed E-state index contributed by atoms with van der Waals surface area (Å²) in [4.78, 5) is 18.6. The molecule has 1 aromatic heterocycles. The second-order valence-electron chi connectivity index (χ2n) is 3.83. The molecular weight excluding hydrogens is 194 g/mol. The SMILES string of the molecule is CC1CC(C(=O)NCc2ncc[nH]2)CO1. The summed E-state index contributed by atoms with van der Waals surface area (Å²) in [5, 5.41) is 2.83. The van der Waals surface area contributed by atoms with Crippen LogP contribution < -0.4 is 5.32 Å². The molecule has 0 aliphatic carbocycles. The van der Waals surface area contributed by atoms with Crippen molar-refractivity contribution < 1.29 is 9.53 Å². The molecule has 1 aliphatic rings. The van der Waals surface area contributed by atoms with E-state index in [1.165, 1.54) is 0 Å². The summed E-state index contributed by atoms with van der Waals surface area (Å²) in [5.74, 6) is 0.820. The quantitative estimate of drug-likeness (QED) is 0.759. The van der Waals surface area contributed by atoms with E-state index in [0.717, 1.165) is 12.2 Å². The minimum Gasteiger partial charge on any atom is -0.378 e. The molecule has 1 aliphatic heterocycles. The van der Waals surface area contributed by atoms with Crippen LogP contribution in [0, 0.1) is 5.92 Å². The standard InChI is InChI=1S/C10H15N3O2/c1-7-4-8(6-15-7)10(14)13-5-9-11-2-3-12-9/h2-3,7-8H,4-6H2,1H3,(H,11,12)(H,13,14). The zero-order chi connectivity index (χ0) is 10.7. The summed E-state index contributed by atoms with van der Waals surface area (Å²) in [6.07, 6.45) is 4.42. The number of amides is 1. The van der Waals surface area contributed by atoms with Gasteiger partial charge < -0.3 is 15.0 Å². The van der Waals surface area contributed by atoms with Crippen molar-refractivity contribution in [2.24, 2.45) is 5.92 Å². The molecule has 2 N–H and O–H groups in total. The molecule has 2 unspecified atom stereocenters. The third kappa shape index (κ3) is 2.56. The minimum atomic E-state index is -0.00466. The van der Waals surface area contributed by atoms with Crippen LogP contribution in [0.25, 0.3) is 0 Å². The highest BCUT2D eigenvalue weighted by Crippen LogP contribution is 2.18. The van der Waals surface area contributed by atoms with Crippen molar-refractivity contribution in [1.82, 2.24) is 15.3 Å². The average Bonchev–Trinajstić information content (AvgIpc) is 2.84. The van der Waals surface area contributed by atoms with Gasteiger partial charge in [0.2, 0.25) is 5.91 Å². The molecule has 2 rings (SSSR count). The predicted octanol–water partition coefficient (Wildman–Crippen LogP) is 0.451. The maximum Gasteiger partial charge on any atom is 0.225 e. The third-order valence-corrected chi connectivity index (χ3v) is 2.55. The van der Waals surface area contributed by atoms with E-state index in [1.54, 1.807) is 12.4 Å². The Labute approximate surface area is 88.2 Å². The summed E-state index contributed by atoms with van der Waals surface area (Å²) in [6, 6.07) is 0. The Hall–Kier alpha value is -1.36. The number of rotatable bonds is 3. The summed E-state index contributed by atoms with van der Waals surface area (Å²) >= 11 is 0. The number of hydrogen-bond donors (Lipinski definition) is 2. The van der Waals surface area contributed by atoms with Gasteiger partial charge in [-0.25, -0.2) is 4.98 Å². The van der Waals surface area contributed by atoms with Gasteiger partial charge in [0.1, 0.15) is 5.82 Å². The lowest BCUT2D eigenvalue weighted by Gasteiger charge is -2.07. The molecule has 2 atom stereocenters. The molecule has 0 aromatic carbocycles. The molecular formula is C10H15N3O2. The fourth-order valence-corrected chi connectivity index (χ4v) is 1.71. The number of imidazole rings is 1. The van der Waals surface area contributed by atoms with Crippen LogP contribution >= 0.6 is 0 Å². The number of carbonyl (C=O) groups excluding carboxylic acids is 1. The molecule has 1 amide bonds. The molecule has 0 radical (unpaired) electrons. The van der Waals surface area contributed by atoms with Gasteiger partial charge in [0.15, 0.2) is 0 Å². The molecule has 5 nitrogen and oxygen atoms in total. The maximum absolute atomic E-state index is 11.7. The van der Waals surface area contributed by atoms with E-state index in [9.17, 15) is 4.79 Å². The number of aromatic amines is 1. The Morgan fingerprint density at radius 2 is 2.67 bits per heavy atom. The zero-order valence-electron chi connectivity index (χ0n) is 8.69. The first-order valence-corrected chi connectivity index (χ1v) is 5.13. The lowest BCUT2D eigenvalue weighted by Crippen LogP contribution is -2.30. The van der Waals surface area contributed by atoms with Crippen LogP contribution in [0.5, 0.6) is 0 Å². The van der Waals surface area contributed by atoms with Crippen molar-refractivity contribution >= 4 is 5.91 Å². The maximum atomic E-state index is 11.7. The van der Waals surface area contributed by atoms with Crippen molar-refractivity contribution in [2.45, 2.75) is 26.0 Å². The van der Waals surface area contributed by atoms with E-state index in [0.29, 0.717) is 13.2 Å². The topological polar surface area (TPSA) is 67.0 Å². The average molecular weight is 209 g/mol. The number of hydrogen-bond acceptors (Lipinski definition) is 3. The molecule has 1 fully saturated rings. The predicted molar refractivity (Wildman–Crippen MR) is 54.0 cm³/mol. The van der Waals surface area contributed by atoms with Crippen LogP contribution in [0.1, 0.15) is 19.2 Å². The largest absolute Gasteiger partial charge is 0.378 e. The highest BCUT2D eigenvalue weighted by atomic mass is 16.5. The van der Waals surface area contributed by atoms with Gasteiger partial charge in [-0.05, 0) is 13.3 Å². The van der Waals surface area contributed by atoms with E-state index >= 15 is 0 Å². The Bertz CT molecular complexity index is 323. The van der Waals surface area contributed by atoms with Gasteiger partial charge >= 0.3 is 0 Å². The molecule has 0 bridgehead atoms. The van der Waals surface area contributed by atoms with Crippen molar-refractivity contribution in [3.05, 3.63) is 18.2 Å². The van der Waals surface area contributed by atoms with E-state index < -0.39 is 0 Å². The Balaban J connectivity index is 1.78. The van der Waals surface area contributed by atoms with Crippen LogP contribution in [0.2, 0.25) is 0 Å². The molecule has 82 valence electrons. The van der Waals surface area contributed by atoms with Gasteiger partial charge in [0.05, 0.1) is 25.2 Å². The first kappa shape index (κ1) is 10.2. The number of nitrogens with zero attached hydrogens (tertiary/aromatic N) is 1. The minimum absolute atomic E-state index is 0.00466. The van der Waals surface area contributed by atoms with Gasteiger partial charge in [-0.15, -0.1) is 0 Å². The summed E-state index contributed by atoms with van der Waals surface area (Å²) in [6.45, 7) is 2.97. The van der Waals surface area contributed by atoms with Gasteiger partial charge in [0, 0.05) is 12.4 Å². The highest BCUT2D eigenvalue weighted by Gasteiger charge is 2.27.